The molecule has 0 saturated carbocycles. The minimum absolute atomic E-state index is 0.578. The number of benzene rings is 2. The van der Waals surface area contributed by atoms with Gasteiger partial charge >= 0.3 is 0 Å². The van der Waals surface area contributed by atoms with E-state index < -0.39 is 0 Å². The van der Waals surface area contributed by atoms with Crippen LogP contribution in [0.4, 0.5) is 0 Å². The highest BCUT2D eigenvalue weighted by Gasteiger charge is 2.17. The van der Waals surface area contributed by atoms with Crippen LogP contribution in [-0.4, -0.2) is 43.7 Å². The monoisotopic (exact) mass is 312 g/mol. The molecule has 0 aliphatic carbocycles. The van der Waals surface area contributed by atoms with E-state index in [1.54, 1.807) is 0 Å². The molecule has 0 unspecified atom stereocenters. The molecule has 122 valence electrons. The SMILES string of the molecule is C[C@@H]1CNCCN1CCOc1ccc(Oc2ccccc2)cc1. The van der Waals surface area contributed by atoms with Crippen molar-refractivity contribution in [1.29, 1.82) is 0 Å². The van der Waals surface area contributed by atoms with E-state index in [2.05, 4.69) is 17.1 Å². The molecule has 2 aromatic carbocycles. The van der Waals surface area contributed by atoms with Gasteiger partial charge in [0.2, 0.25) is 0 Å². The Labute approximate surface area is 138 Å². The molecule has 4 nitrogen and oxygen atoms in total. The van der Waals surface area contributed by atoms with E-state index in [-0.39, 0.29) is 0 Å². The van der Waals surface area contributed by atoms with E-state index in [0.29, 0.717) is 12.6 Å². The fraction of sp³-hybridized carbons (Fsp3) is 0.368. The molecule has 1 aliphatic heterocycles. The molecular weight excluding hydrogens is 288 g/mol. The second-order valence-electron chi connectivity index (χ2n) is 5.82. The Morgan fingerprint density at radius 1 is 1.00 bits per heavy atom. The Morgan fingerprint density at radius 3 is 2.43 bits per heavy atom. The van der Waals surface area contributed by atoms with Crippen LogP contribution in [-0.2, 0) is 0 Å². The summed E-state index contributed by atoms with van der Waals surface area (Å²) in [4.78, 5) is 2.46. The summed E-state index contributed by atoms with van der Waals surface area (Å²) in [5.41, 5.74) is 0. The smallest absolute Gasteiger partial charge is 0.127 e. The van der Waals surface area contributed by atoms with Crippen LogP contribution in [0.1, 0.15) is 6.92 Å². The molecular formula is C19H24N2O2. The van der Waals surface area contributed by atoms with Gasteiger partial charge in [-0.25, -0.2) is 0 Å². The van der Waals surface area contributed by atoms with Gasteiger partial charge in [-0.15, -0.1) is 0 Å². The molecule has 2 aromatic rings. The molecule has 1 N–H and O–H groups in total. The van der Waals surface area contributed by atoms with E-state index in [1.807, 2.05) is 54.6 Å². The maximum Gasteiger partial charge on any atom is 0.127 e. The summed E-state index contributed by atoms with van der Waals surface area (Å²) >= 11 is 0. The first-order valence-electron chi connectivity index (χ1n) is 8.22. The molecule has 0 aromatic heterocycles. The summed E-state index contributed by atoms with van der Waals surface area (Å²) in [6.45, 7) is 7.14. The van der Waals surface area contributed by atoms with E-state index in [9.17, 15) is 0 Å². The maximum absolute atomic E-state index is 5.84. The number of ether oxygens (including phenoxy) is 2. The highest BCUT2D eigenvalue weighted by molar-refractivity contribution is 5.35. The average molecular weight is 312 g/mol. The average Bonchev–Trinajstić information content (AvgIpc) is 2.59. The zero-order chi connectivity index (χ0) is 15.9. The zero-order valence-corrected chi connectivity index (χ0v) is 13.6. The number of rotatable bonds is 6. The summed E-state index contributed by atoms with van der Waals surface area (Å²) < 4.78 is 11.6. The molecule has 23 heavy (non-hydrogen) atoms. The third-order valence-electron chi connectivity index (χ3n) is 4.09. The third kappa shape index (κ3) is 4.71. The second-order valence-corrected chi connectivity index (χ2v) is 5.82. The minimum atomic E-state index is 0.578. The Morgan fingerprint density at radius 2 is 1.70 bits per heavy atom. The lowest BCUT2D eigenvalue weighted by atomic mass is 10.2. The molecule has 1 saturated heterocycles. The lowest BCUT2D eigenvalue weighted by Crippen LogP contribution is -2.50. The quantitative estimate of drug-likeness (QED) is 0.888. The lowest BCUT2D eigenvalue weighted by Gasteiger charge is -2.33. The first-order chi connectivity index (χ1) is 11.3. The summed E-state index contributed by atoms with van der Waals surface area (Å²) in [5, 5.41) is 3.40. The zero-order valence-electron chi connectivity index (χ0n) is 13.6. The van der Waals surface area contributed by atoms with Crippen molar-refractivity contribution in [3.8, 4) is 17.2 Å². The summed E-state index contributed by atoms with van der Waals surface area (Å²) in [6, 6.07) is 18.2. The molecule has 1 heterocycles. The fourth-order valence-corrected chi connectivity index (χ4v) is 2.72. The van der Waals surface area contributed by atoms with Gasteiger partial charge in [0.1, 0.15) is 23.9 Å². The first kappa shape index (κ1) is 15.8. The molecule has 1 atom stereocenters. The number of nitrogens with one attached hydrogen (secondary N) is 1. The van der Waals surface area contributed by atoms with Crippen LogP contribution >= 0.6 is 0 Å². The van der Waals surface area contributed by atoms with Crippen LogP contribution in [0.5, 0.6) is 17.2 Å². The summed E-state index contributed by atoms with van der Waals surface area (Å²) in [7, 11) is 0. The fourth-order valence-electron chi connectivity index (χ4n) is 2.72. The minimum Gasteiger partial charge on any atom is -0.492 e. The Kier molecular flexibility index (Phi) is 5.51. The van der Waals surface area contributed by atoms with Gasteiger partial charge in [-0.2, -0.15) is 0 Å². The lowest BCUT2D eigenvalue weighted by molar-refractivity contribution is 0.143. The number of hydrogen-bond acceptors (Lipinski definition) is 4. The molecule has 3 rings (SSSR count). The van der Waals surface area contributed by atoms with Gasteiger partial charge < -0.3 is 14.8 Å². The molecule has 4 heteroatoms. The Bertz CT molecular complexity index is 586. The van der Waals surface area contributed by atoms with Crippen molar-refractivity contribution in [2.45, 2.75) is 13.0 Å². The van der Waals surface area contributed by atoms with Crippen molar-refractivity contribution in [1.82, 2.24) is 10.2 Å². The van der Waals surface area contributed by atoms with E-state index >= 15 is 0 Å². The molecule has 0 amide bonds. The third-order valence-corrected chi connectivity index (χ3v) is 4.09. The van der Waals surface area contributed by atoms with Crippen LogP contribution in [0.25, 0.3) is 0 Å². The number of hydrogen-bond donors (Lipinski definition) is 1. The summed E-state index contributed by atoms with van der Waals surface area (Å²) in [5.74, 6) is 2.54. The van der Waals surface area contributed by atoms with Crippen molar-refractivity contribution in [2.75, 3.05) is 32.8 Å². The normalized spacial score (nSPS) is 18.6. The van der Waals surface area contributed by atoms with Gasteiger partial charge in [-0.3, -0.25) is 4.90 Å². The van der Waals surface area contributed by atoms with E-state index in [4.69, 9.17) is 9.47 Å². The molecule has 0 bridgehead atoms. The van der Waals surface area contributed by atoms with Gasteiger partial charge in [0, 0.05) is 32.2 Å². The first-order valence-corrected chi connectivity index (χ1v) is 8.22. The van der Waals surface area contributed by atoms with E-state index in [0.717, 1.165) is 43.4 Å². The molecule has 1 fully saturated rings. The topological polar surface area (TPSA) is 33.7 Å². The largest absolute Gasteiger partial charge is 0.492 e. The van der Waals surface area contributed by atoms with Crippen LogP contribution in [0, 0.1) is 0 Å². The van der Waals surface area contributed by atoms with Crippen LogP contribution in [0.3, 0.4) is 0 Å². The van der Waals surface area contributed by atoms with Crippen LogP contribution in [0.15, 0.2) is 54.6 Å². The standard InChI is InChI=1S/C19H24N2O2/c1-16-15-20-11-12-21(16)13-14-22-17-7-9-19(10-8-17)23-18-5-3-2-4-6-18/h2-10,16,20H,11-15H2,1H3/t16-/m1/s1. The van der Waals surface area contributed by atoms with Crippen LogP contribution in [0.2, 0.25) is 0 Å². The molecule has 1 aliphatic rings. The number of piperazine rings is 1. The van der Waals surface area contributed by atoms with Crippen LogP contribution < -0.4 is 14.8 Å². The summed E-state index contributed by atoms with van der Waals surface area (Å²) in [6.07, 6.45) is 0. The van der Waals surface area contributed by atoms with Crippen molar-refractivity contribution >= 4 is 0 Å². The van der Waals surface area contributed by atoms with E-state index in [1.165, 1.54) is 0 Å². The second kappa shape index (κ2) is 7.99. The highest BCUT2D eigenvalue weighted by Crippen LogP contribution is 2.23. The number of para-hydroxylation sites is 1. The molecule has 0 spiro atoms. The van der Waals surface area contributed by atoms with Gasteiger partial charge in [-0.1, -0.05) is 18.2 Å². The number of nitrogens with zero attached hydrogens (tertiary/aromatic N) is 1. The van der Waals surface area contributed by atoms with Gasteiger partial charge in [0.05, 0.1) is 0 Å². The van der Waals surface area contributed by atoms with Gasteiger partial charge in [0.25, 0.3) is 0 Å². The maximum atomic E-state index is 5.84. The predicted octanol–water partition coefficient (Wildman–Crippen LogP) is 3.15. The molecule has 0 radical (unpaired) electrons. The van der Waals surface area contributed by atoms with Crippen molar-refractivity contribution in [2.24, 2.45) is 0 Å². The van der Waals surface area contributed by atoms with Crippen molar-refractivity contribution < 1.29 is 9.47 Å². The van der Waals surface area contributed by atoms with Gasteiger partial charge in [-0.05, 0) is 43.3 Å². The predicted molar refractivity (Wildman–Crippen MR) is 92.4 cm³/mol. The Balaban J connectivity index is 1.46. The van der Waals surface area contributed by atoms with Crippen molar-refractivity contribution in [3.05, 3.63) is 54.6 Å². The van der Waals surface area contributed by atoms with Gasteiger partial charge in [0.15, 0.2) is 0 Å². The Hall–Kier alpha value is -2.04. The van der Waals surface area contributed by atoms with Crippen molar-refractivity contribution in [3.63, 3.8) is 0 Å². The highest BCUT2D eigenvalue weighted by atomic mass is 16.5.